The third kappa shape index (κ3) is 3.94. The van der Waals surface area contributed by atoms with Gasteiger partial charge in [-0.2, -0.15) is 10.1 Å². The molecule has 1 unspecified atom stereocenters. The van der Waals surface area contributed by atoms with Crippen LogP contribution in [0, 0.1) is 0 Å². The topological polar surface area (TPSA) is 110 Å². The predicted octanol–water partition coefficient (Wildman–Crippen LogP) is 1.54. The number of ether oxygens (including phenoxy) is 3. The summed E-state index contributed by atoms with van der Waals surface area (Å²) in [6, 6.07) is 6.87. The van der Waals surface area contributed by atoms with Crippen LogP contribution >= 0.6 is 0 Å². The maximum absolute atomic E-state index is 13.0. The van der Waals surface area contributed by atoms with E-state index in [1.54, 1.807) is 47.1 Å². The van der Waals surface area contributed by atoms with Crippen LogP contribution in [0.1, 0.15) is 6.42 Å². The Morgan fingerprint density at radius 2 is 2.22 bits per heavy atom. The Morgan fingerprint density at radius 1 is 1.31 bits per heavy atom. The van der Waals surface area contributed by atoms with Gasteiger partial charge in [-0.3, -0.25) is 4.79 Å². The van der Waals surface area contributed by atoms with E-state index in [1.807, 2.05) is 6.07 Å². The molecular weight excluding hydrogens is 414 g/mol. The van der Waals surface area contributed by atoms with Gasteiger partial charge >= 0.3 is 0 Å². The molecule has 1 amide bonds. The van der Waals surface area contributed by atoms with Crippen LogP contribution in [-0.4, -0.2) is 82.7 Å². The van der Waals surface area contributed by atoms with Gasteiger partial charge in [0.2, 0.25) is 5.88 Å². The van der Waals surface area contributed by atoms with E-state index in [0.29, 0.717) is 50.9 Å². The normalized spacial score (nSPS) is 20.7. The van der Waals surface area contributed by atoms with Gasteiger partial charge in [0.05, 0.1) is 25.5 Å². The summed E-state index contributed by atoms with van der Waals surface area (Å²) in [6.45, 7) is 2.11. The number of amides is 1. The number of carbonyl (C=O) groups is 1. The number of methoxy groups -OCH3 is 1. The first-order valence-electron chi connectivity index (χ1n) is 10.6. The van der Waals surface area contributed by atoms with E-state index < -0.39 is 6.10 Å². The molecule has 168 valence electrons. The Hall–Kier alpha value is -3.37. The van der Waals surface area contributed by atoms with Gasteiger partial charge < -0.3 is 29.5 Å². The zero-order valence-electron chi connectivity index (χ0n) is 17.7. The van der Waals surface area contributed by atoms with Crippen LogP contribution in [-0.2, 0) is 14.3 Å². The number of nitrogens with one attached hydrogen (secondary N) is 1. The summed E-state index contributed by atoms with van der Waals surface area (Å²) in [6.07, 6.45) is 3.52. The molecule has 1 saturated heterocycles. The maximum atomic E-state index is 13.0. The van der Waals surface area contributed by atoms with E-state index in [4.69, 9.17) is 14.2 Å². The Morgan fingerprint density at radius 3 is 3.09 bits per heavy atom. The Labute approximate surface area is 184 Å². The highest BCUT2D eigenvalue weighted by Crippen LogP contribution is 2.31. The molecule has 3 aromatic rings. The summed E-state index contributed by atoms with van der Waals surface area (Å²) in [5, 5.41) is 17.9. The van der Waals surface area contributed by atoms with Gasteiger partial charge in [-0.15, -0.1) is 0 Å². The molecule has 5 rings (SSSR count). The van der Waals surface area contributed by atoms with E-state index in [0.717, 1.165) is 16.8 Å². The lowest BCUT2D eigenvalue weighted by atomic mass is 10.1. The molecule has 4 bridgehead atoms. The van der Waals surface area contributed by atoms with E-state index in [2.05, 4.69) is 15.4 Å². The van der Waals surface area contributed by atoms with Crippen molar-refractivity contribution in [2.24, 2.45) is 0 Å². The zero-order valence-corrected chi connectivity index (χ0v) is 17.7. The first kappa shape index (κ1) is 20.5. The Kier molecular flexibility index (Phi) is 5.54. The van der Waals surface area contributed by atoms with Crippen molar-refractivity contribution in [1.29, 1.82) is 0 Å². The van der Waals surface area contributed by atoms with E-state index in [1.165, 1.54) is 0 Å². The van der Waals surface area contributed by atoms with Crippen LogP contribution in [0.5, 0.6) is 11.6 Å². The minimum Gasteiger partial charge on any atom is -0.508 e. The number of fused-ring (bicyclic) bond motifs is 5. The largest absolute Gasteiger partial charge is 0.508 e. The molecule has 2 aliphatic heterocycles. The molecule has 2 N–H and O–H groups in total. The number of aromatic nitrogens is 3. The standard InChI is InChI=1S/C22H25N5O5/c1-30-6-7-31-19-11-16-13-32-20-2-4-27-21(25-20)18(12-24-27)14-8-15(10-17(28)9-14)23-3-5-26(16)22(19)29/h2,4,8-10,12,16,19,23,28H,3,5-7,11,13H2,1H3/t16-,19?/m0/s1. The highest BCUT2D eigenvalue weighted by Gasteiger charge is 2.40. The van der Waals surface area contributed by atoms with Crippen LogP contribution in [0.25, 0.3) is 16.8 Å². The van der Waals surface area contributed by atoms with Crippen LogP contribution in [0.3, 0.4) is 0 Å². The monoisotopic (exact) mass is 439 g/mol. The molecule has 0 spiro atoms. The number of anilines is 1. The van der Waals surface area contributed by atoms with E-state index in [-0.39, 0.29) is 17.7 Å². The second-order valence-electron chi connectivity index (χ2n) is 7.87. The number of hydrogen-bond donors (Lipinski definition) is 2. The van der Waals surface area contributed by atoms with Crippen molar-refractivity contribution in [2.75, 3.05) is 45.3 Å². The number of aromatic hydroxyl groups is 1. The third-order valence-corrected chi connectivity index (χ3v) is 5.77. The summed E-state index contributed by atoms with van der Waals surface area (Å²) >= 11 is 0. The van der Waals surface area contributed by atoms with Crippen molar-refractivity contribution >= 4 is 17.2 Å². The fourth-order valence-electron chi connectivity index (χ4n) is 4.21. The number of nitrogens with zero attached hydrogens (tertiary/aromatic N) is 4. The van der Waals surface area contributed by atoms with Crippen molar-refractivity contribution in [3.8, 4) is 22.8 Å². The molecule has 1 fully saturated rings. The van der Waals surface area contributed by atoms with Gasteiger partial charge in [0.1, 0.15) is 18.5 Å². The fourth-order valence-corrected chi connectivity index (χ4v) is 4.21. The van der Waals surface area contributed by atoms with Gasteiger partial charge in [-0.1, -0.05) is 0 Å². The number of phenols is 1. The SMILES string of the molecule is COCCOC1C[C@H]2COc3ccn4ncc(c4n3)-c3cc(O)cc(c3)NCCN2C1=O. The molecule has 32 heavy (non-hydrogen) atoms. The fraction of sp³-hybridized carbons (Fsp3) is 0.409. The quantitative estimate of drug-likeness (QED) is 0.589. The molecule has 0 saturated carbocycles. The lowest BCUT2D eigenvalue weighted by Gasteiger charge is -2.25. The van der Waals surface area contributed by atoms with Crippen LogP contribution in [0.2, 0.25) is 0 Å². The molecule has 2 atom stereocenters. The van der Waals surface area contributed by atoms with Crippen molar-refractivity contribution < 1.29 is 24.1 Å². The van der Waals surface area contributed by atoms with Crippen molar-refractivity contribution in [1.82, 2.24) is 19.5 Å². The minimum atomic E-state index is -0.515. The van der Waals surface area contributed by atoms with E-state index in [9.17, 15) is 9.90 Å². The first-order valence-corrected chi connectivity index (χ1v) is 10.6. The van der Waals surface area contributed by atoms with Crippen molar-refractivity contribution in [3.63, 3.8) is 0 Å². The lowest BCUT2D eigenvalue weighted by Crippen LogP contribution is -2.41. The van der Waals surface area contributed by atoms with Gasteiger partial charge in [-0.25, -0.2) is 4.52 Å². The van der Waals surface area contributed by atoms with Gasteiger partial charge in [-0.05, 0) is 17.7 Å². The lowest BCUT2D eigenvalue weighted by molar-refractivity contribution is -0.138. The second-order valence-corrected chi connectivity index (χ2v) is 7.87. The molecule has 0 radical (unpaired) electrons. The molecule has 10 heteroatoms. The molecular formula is C22H25N5O5. The van der Waals surface area contributed by atoms with E-state index >= 15 is 0 Å². The summed E-state index contributed by atoms with van der Waals surface area (Å²) in [7, 11) is 1.60. The summed E-state index contributed by atoms with van der Waals surface area (Å²) in [4.78, 5) is 19.4. The summed E-state index contributed by atoms with van der Waals surface area (Å²) in [5.74, 6) is 0.526. The smallest absolute Gasteiger partial charge is 0.252 e. The van der Waals surface area contributed by atoms with Gasteiger partial charge in [0, 0.05) is 56.2 Å². The molecule has 0 aliphatic carbocycles. The second kappa shape index (κ2) is 8.64. The van der Waals surface area contributed by atoms with Crippen molar-refractivity contribution in [3.05, 3.63) is 36.7 Å². The molecule has 2 aromatic heterocycles. The Balaban J connectivity index is 1.47. The van der Waals surface area contributed by atoms with Gasteiger partial charge in [0.15, 0.2) is 5.65 Å². The number of phenolic OH excluding ortho intramolecular Hbond substituents is 1. The maximum Gasteiger partial charge on any atom is 0.252 e. The highest BCUT2D eigenvalue weighted by atomic mass is 16.5. The highest BCUT2D eigenvalue weighted by molar-refractivity contribution is 5.84. The number of carbonyl (C=O) groups excluding carboxylic acids is 1. The molecule has 10 nitrogen and oxygen atoms in total. The molecule has 4 heterocycles. The zero-order chi connectivity index (χ0) is 22.1. The van der Waals surface area contributed by atoms with Crippen LogP contribution < -0.4 is 10.1 Å². The number of hydrogen-bond acceptors (Lipinski definition) is 8. The number of benzene rings is 1. The van der Waals surface area contributed by atoms with Crippen LogP contribution in [0.4, 0.5) is 5.69 Å². The van der Waals surface area contributed by atoms with Gasteiger partial charge in [0.25, 0.3) is 5.91 Å². The summed E-state index contributed by atoms with van der Waals surface area (Å²) in [5.41, 5.74) is 2.94. The van der Waals surface area contributed by atoms with Crippen molar-refractivity contribution in [2.45, 2.75) is 18.6 Å². The average Bonchev–Trinajstić information content (AvgIpc) is 3.33. The van der Waals surface area contributed by atoms with Crippen LogP contribution in [0.15, 0.2) is 36.7 Å². The summed E-state index contributed by atoms with van der Waals surface area (Å²) < 4.78 is 18.4. The molecule has 1 aromatic carbocycles. The average molecular weight is 439 g/mol. The Bertz CT molecular complexity index is 1130. The third-order valence-electron chi connectivity index (χ3n) is 5.77. The minimum absolute atomic E-state index is 0.0540. The first-order chi connectivity index (χ1) is 15.6. The molecule has 2 aliphatic rings. The number of rotatable bonds is 4. The predicted molar refractivity (Wildman–Crippen MR) is 116 cm³/mol.